The van der Waals surface area contributed by atoms with E-state index in [-0.39, 0.29) is 11.7 Å². The molecule has 0 aliphatic heterocycles. The summed E-state index contributed by atoms with van der Waals surface area (Å²) >= 11 is 4.33. The van der Waals surface area contributed by atoms with Gasteiger partial charge in [0.1, 0.15) is 17.7 Å². The fourth-order valence-corrected chi connectivity index (χ4v) is 4.30. The molecule has 2 aromatic carbocycles. The smallest absolute Gasteiger partial charge is 0.408 e. The van der Waals surface area contributed by atoms with Crippen molar-refractivity contribution in [2.24, 2.45) is 0 Å². The van der Waals surface area contributed by atoms with Crippen molar-refractivity contribution in [1.29, 1.82) is 0 Å². The van der Waals surface area contributed by atoms with Crippen LogP contribution >= 0.6 is 12.6 Å². The van der Waals surface area contributed by atoms with E-state index in [0.717, 1.165) is 28.8 Å². The number of carbonyl (C=O) groups is 3. The number of para-hydroxylation sites is 1. The van der Waals surface area contributed by atoms with Crippen LogP contribution in [0, 0.1) is 13.8 Å². The summed E-state index contributed by atoms with van der Waals surface area (Å²) in [5.41, 5.74) is 3.70. The molecule has 0 heterocycles. The Balaban J connectivity index is 2.49. The Hall–Kier alpha value is -3.00. The minimum atomic E-state index is -0.963. The van der Waals surface area contributed by atoms with Crippen molar-refractivity contribution in [2.45, 2.75) is 79.0 Å². The van der Waals surface area contributed by atoms with E-state index in [2.05, 4.69) is 30.2 Å². The Bertz CT molecular complexity index is 1060. The molecule has 8 heteroatoms. The molecular formula is C29H41N3O4S. The summed E-state index contributed by atoms with van der Waals surface area (Å²) in [5.74, 6) is -0.666. The van der Waals surface area contributed by atoms with E-state index in [0.29, 0.717) is 18.5 Å². The lowest BCUT2D eigenvalue weighted by Gasteiger charge is -2.34. The van der Waals surface area contributed by atoms with Gasteiger partial charge in [-0.3, -0.25) is 9.59 Å². The largest absolute Gasteiger partial charge is 0.444 e. The molecule has 2 atom stereocenters. The maximum absolute atomic E-state index is 13.9. The normalized spacial score (nSPS) is 12.9. The van der Waals surface area contributed by atoms with Crippen molar-refractivity contribution in [3.8, 4) is 0 Å². The summed E-state index contributed by atoms with van der Waals surface area (Å²) in [5, 5.41) is 5.70. The molecule has 0 saturated carbocycles. The summed E-state index contributed by atoms with van der Waals surface area (Å²) in [7, 11) is 0. The second-order valence-corrected chi connectivity index (χ2v) is 10.5. The van der Waals surface area contributed by atoms with E-state index in [4.69, 9.17) is 4.74 Å². The van der Waals surface area contributed by atoms with E-state index in [1.807, 2.05) is 63.2 Å². The van der Waals surface area contributed by atoms with E-state index >= 15 is 0 Å². The van der Waals surface area contributed by atoms with Gasteiger partial charge in [-0.05, 0) is 69.7 Å². The van der Waals surface area contributed by atoms with Crippen LogP contribution in [0.15, 0.2) is 42.5 Å². The second-order valence-electron chi connectivity index (χ2n) is 10.2. The number of ether oxygens (including phenoxy) is 1. The average molecular weight is 528 g/mol. The molecule has 2 unspecified atom stereocenters. The van der Waals surface area contributed by atoms with Gasteiger partial charge in [-0.25, -0.2) is 4.79 Å². The Morgan fingerprint density at radius 1 is 1.00 bits per heavy atom. The minimum absolute atomic E-state index is 0.0539. The lowest BCUT2D eigenvalue weighted by Crippen LogP contribution is -2.53. The highest BCUT2D eigenvalue weighted by molar-refractivity contribution is 7.80. The maximum atomic E-state index is 13.9. The lowest BCUT2D eigenvalue weighted by atomic mass is 9.99. The summed E-state index contributed by atoms with van der Waals surface area (Å²) in [6.07, 6.45) is 0.774. The van der Waals surface area contributed by atoms with Crippen LogP contribution in [0.2, 0.25) is 0 Å². The quantitative estimate of drug-likeness (QED) is 0.351. The van der Waals surface area contributed by atoms with Gasteiger partial charge in [0.2, 0.25) is 5.91 Å². The first-order valence-electron chi connectivity index (χ1n) is 12.8. The standard InChI is InChI=1S/C29H41N3O4S/c1-8-17-32(27(34)23(18-37)30-28(35)36-29(5,6)7)25(22-15-13-21(9-2)14-16-22)26(33)31-24-19(3)11-10-12-20(24)4/h10-16,23,25,37H,8-9,17-18H2,1-7H3,(H,30,35)(H,31,33). The summed E-state index contributed by atoms with van der Waals surface area (Å²) in [6.45, 7) is 13.4. The number of amides is 3. The molecule has 3 amide bonds. The number of rotatable bonds is 10. The highest BCUT2D eigenvalue weighted by Gasteiger charge is 2.35. The predicted molar refractivity (Wildman–Crippen MR) is 152 cm³/mol. The molecule has 2 rings (SSSR count). The number of alkyl carbamates (subject to hydrolysis) is 1. The van der Waals surface area contributed by atoms with Crippen molar-refractivity contribution in [1.82, 2.24) is 10.2 Å². The van der Waals surface area contributed by atoms with E-state index in [1.165, 1.54) is 4.90 Å². The first-order chi connectivity index (χ1) is 17.4. The molecule has 7 nitrogen and oxygen atoms in total. The number of aryl methyl sites for hydroxylation is 3. The molecule has 0 saturated heterocycles. The molecule has 0 aliphatic carbocycles. The molecular weight excluding hydrogens is 486 g/mol. The van der Waals surface area contributed by atoms with Crippen molar-refractivity contribution in [3.63, 3.8) is 0 Å². The van der Waals surface area contributed by atoms with Gasteiger partial charge in [0.25, 0.3) is 5.91 Å². The lowest BCUT2D eigenvalue weighted by molar-refractivity contribution is -0.140. The number of nitrogens with zero attached hydrogens (tertiary/aromatic N) is 1. The summed E-state index contributed by atoms with van der Waals surface area (Å²) < 4.78 is 5.35. The van der Waals surface area contributed by atoms with Crippen LogP contribution in [0.5, 0.6) is 0 Å². The van der Waals surface area contributed by atoms with Gasteiger partial charge in [-0.2, -0.15) is 12.6 Å². The summed E-state index contributed by atoms with van der Waals surface area (Å²) in [6, 6.07) is 11.7. The van der Waals surface area contributed by atoms with Gasteiger partial charge in [0.15, 0.2) is 0 Å². The fraction of sp³-hybridized carbons (Fsp3) is 0.483. The van der Waals surface area contributed by atoms with Crippen LogP contribution < -0.4 is 10.6 Å². The fourth-order valence-electron chi connectivity index (χ4n) is 4.05. The van der Waals surface area contributed by atoms with E-state index in [9.17, 15) is 14.4 Å². The third-order valence-corrected chi connectivity index (χ3v) is 6.28. The van der Waals surface area contributed by atoms with Gasteiger partial charge in [-0.15, -0.1) is 0 Å². The Morgan fingerprint density at radius 2 is 1.59 bits per heavy atom. The Morgan fingerprint density at radius 3 is 2.08 bits per heavy atom. The van der Waals surface area contributed by atoms with Gasteiger partial charge in [-0.1, -0.05) is 56.3 Å². The Kier molecular flexibility index (Phi) is 11.0. The van der Waals surface area contributed by atoms with E-state index in [1.54, 1.807) is 20.8 Å². The van der Waals surface area contributed by atoms with Crippen LogP contribution in [-0.4, -0.2) is 46.7 Å². The molecule has 2 N–H and O–H groups in total. The molecule has 0 aliphatic rings. The topological polar surface area (TPSA) is 87.7 Å². The minimum Gasteiger partial charge on any atom is -0.444 e. The molecule has 0 aromatic heterocycles. The predicted octanol–water partition coefficient (Wildman–Crippen LogP) is 5.61. The molecule has 202 valence electrons. The van der Waals surface area contributed by atoms with Crippen LogP contribution in [0.25, 0.3) is 0 Å². The average Bonchev–Trinajstić information content (AvgIpc) is 2.83. The number of anilines is 1. The van der Waals surface area contributed by atoms with Gasteiger partial charge >= 0.3 is 6.09 Å². The first kappa shape index (κ1) is 30.2. The van der Waals surface area contributed by atoms with Gasteiger partial charge < -0.3 is 20.3 Å². The SMILES string of the molecule is CCCN(C(=O)C(CS)NC(=O)OC(C)(C)C)C(C(=O)Nc1c(C)cccc1C)c1ccc(CC)cc1. The second kappa shape index (κ2) is 13.5. The number of benzene rings is 2. The molecule has 0 fully saturated rings. The Labute approximate surface area is 226 Å². The van der Waals surface area contributed by atoms with Crippen molar-refractivity contribution in [2.75, 3.05) is 17.6 Å². The van der Waals surface area contributed by atoms with Gasteiger partial charge in [0, 0.05) is 18.0 Å². The molecule has 2 aromatic rings. The zero-order valence-corrected chi connectivity index (χ0v) is 23.9. The van der Waals surface area contributed by atoms with Crippen LogP contribution in [0.4, 0.5) is 10.5 Å². The third-order valence-electron chi connectivity index (χ3n) is 5.91. The zero-order valence-electron chi connectivity index (χ0n) is 23.1. The zero-order chi connectivity index (χ0) is 27.8. The molecule has 37 heavy (non-hydrogen) atoms. The maximum Gasteiger partial charge on any atom is 0.408 e. The monoisotopic (exact) mass is 527 g/mol. The number of nitrogens with one attached hydrogen (secondary N) is 2. The molecule has 0 bridgehead atoms. The summed E-state index contributed by atoms with van der Waals surface area (Å²) in [4.78, 5) is 41.7. The van der Waals surface area contributed by atoms with Gasteiger partial charge in [0.05, 0.1) is 0 Å². The van der Waals surface area contributed by atoms with Crippen LogP contribution in [-0.2, 0) is 20.7 Å². The van der Waals surface area contributed by atoms with Crippen LogP contribution in [0.3, 0.4) is 0 Å². The van der Waals surface area contributed by atoms with Crippen molar-refractivity contribution in [3.05, 3.63) is 64.7 Å². The third kappa shape index (κ3) is 8.52. The number of carbonyl (C=O) groups excluding carboxylic acids is 3. The molecule has 0 spiro atoms. The van der Waals surface area contributed by atoms with Crippen molar-refractivity contribution < 1.29 is 19.1 Å². The number of hydrogen-bond donors (Lipinski definition) is 3. The number of hydrogen-bond acceptors (Lipinski definition) is 5. The number of thiol groups is 1. The van der Waals surface area contributed by atoms with Crippen LogP contribution in [0.1, 0.15) is 69.3 Å². The van der Waals surface area contributed by atoms with E-state index < -0.39 is 29.7 Å². The highest BCUT2D eigenvalue weighted by Crippen LogP contribution is 2.27. The molecule has 0 radical (unpaired) electrons. The first-order valence-corrected chi connectivity index (χ1v) is 13.4. The highest BCUT2D eigenvalue weighted by atomic mass is 32.1. The van der Waals surface area contributed by atoms with Crippen molar-refractivity contribution >= 4 is 36.2 Å².